The van der Waals surface area contributed by atoms with E-state index in [-0.39, 0.29) is 5.91 Å². The lowest BCUT2D eigenvalue weighted by Crippen LogP contribution is -2.13. The van der Waals surface area contributed by atoms with Gasteiger partial charge in [0.25, 0.3) is 5.91 Å². The lowest BCUT2D eigenvalue weighted by atomic mass is 10.1. The summed E-state index contributed by atoms with van der Waals surface area (Å²) in [5.74, 6) is -0.234. The first-order valence-electron chi connectivity index (χ1n) is 6.41. The Morgan fingerprint density at radius 2 is 1.90 bits per heavy atom. The topological polar surface area (TPSA) is 54.9 Å². The van der Waals surface area contributed by atoms with Crippen LogP contribution >= 0.6 is 11.6 Å². The molecule has 3 aromatic rings. The fourth-order valence-corrected chi connectivity index (χ4v) is 2.37. The van der Waals surface area contributed by atoms with Gasteiger partial charge in [0.1, 0.15) is 5.15 Å². The van der Waals surface area contributed by atoms with Gasteiger partial charge in [0, 0.05) is 17.8 Å². The number of aromatic nitrogens is 2. The smallest absolute Gasteiger partial charge is 0.257 e. The van der Waals surface area contributed by atoms with Gasteiger partial charge in [-0.15, -0.1) is 0 Å². The van der Waals surface area contributed by atoms with E-state index in [1.54, 1.807) is 12.4 Å². The number of benzene rings is 1. The van der Waals surface area contributed by atoms with E-state index in [9.17, 15) is 4.79 Å². The number of fused-ring (bicyclic) bond motifs is 1. The van der Waals surface area contributed by atoms with Crippen LogP contribution < -0.4 is 5.32 Å². The number of amides is 1. The molecule has 3 rings (SSSR count). The van der Waals surface area contributed by atoms with Gasteiger partial charge in [-0.25, -0.2) is 4.98 Å². The van der Waals surface area contributed by atoms with E-state index >= 15 is 0 Å². The number of nitrogens with one attached hydrogen (secondary N) is 1. The van der Waals surface area contributed by atoms with Crippen molar-refractivity contribution in [1.29, 1.82) is 0 Å². The molecule has 0 aliphatic heterocycles. The summed E-state index contributed by atoms with van der Waals surface area (Å²) in [6, 6.07) is 9.28. The van der Waals surface area contributed by atoms with Crippen molar-refractivity contribution < 1.29 is 4.79 Å². The van der Waals surface area contributed by atoms with Gasteiger partial charge < -0.3 is 5.32 Å². The van der Waals surface area contributed by atoms with Crippen molar-refractivity contribution in [2.75, 3.05) is 5.32 Å². The number of hydrogen-bond acceptors (Lipinski definition) is 3. The molecule has 5 heteroatoms. The quantitative estimate of drug-likeness (QED) is 0.731. The molecular formula is C16H12ClN3O. The van der Waals surface area contributed by atoms with Crippen LogP contribution in [0.4, 0.5) is 5.69 Å². The average Bonchev–Trinajstić information content (AvgIpc) is 2.48. The van der Waals surface area contributed by atoms with Crippen LogP contribution in [-0.4, -0.2) is 15.9 Å². The molecule has 2 aromatic heterocycles. The molecule has 0 unspecified atom stereocenters. The minimum atomic E-state index is -0.234. The summed E-state index contributed by atoms with van der Waals surface area (Å²) in [7, 11) is 0. The van der Waals surface area contributed by atoms with Crippen LogP contribution in [-0.2, 0) is 0 Å². The predicted octanol–water partition coefficient (Wildman–Crippen LogP) is 3.84. The van der Waals surface area contributed by atoms with Crippen molar-refractivity contribution in [3.63, 3.8) is 0 Å². The molecule has 1 aromatic carbocycles. The summed E-state index contributed by atoms with van der Waals surface area (Å²) in [4.78, 5) is 20.6. The zero-order valence-corrected chi connectivity index (χ0v) is 12.1. The van der Waals surface area contributed by atoms with Crippen LogP contribution in [0, 0.1) is 6.92 Å². The maximum atomic E-state index is 12.4. The van der Waals surface area contributed by atoms with Crippen LogP contribution in [0.1, 0.15) is 15.9 Å². The van der Waals surface area contributed by atoms with Crippen LogP contribution in [0.2, 0.25) is 5.15 Å². The number of nitrogens with zero attached hydrogens (tertiary/aromatic N) is 2. The van der Waals surface area contributed by atoms with Gasteiger partial charge in [0.2, 0.25) is 0 Å². The molecule has 21 heavy (non-hydrogen) atoms. The summed E-state index contributed by atoms with van der Waals surface area (Å²) in [6.07, 6.45) is 4.83. The zero-order chi connectivity index (χ0) is 14.8. The molecule has 1 N–H and O–H groups in total. The lowest BCUT2D eigenvalue weighted by Gasteiger charge is -2.08. The number of carbonyl (C=O) groups excluding carboxylic acids is 1. The molecule has 2 heterocycles. The summed E-state index contributed by atoms with van der Waals surface area (Å²) < 4.78 is 0. The van der Waals surface area contributed by atoms with Crippen molar-refractivity contribution in [3.05, 3.63) is 65.2 Å². The van der Waals surface area contributed by atoms with Gasteiger partial charge in [-0.05, 0) is 23.9 Å². The van der Waals surface area contributed by atoms with Gasteiger partial charge in [-0.3, -0.25) is 9.78 Å². The van der Waals surface area contributed by atoms with Crippen LogP contribution in [0.25, 0.3) is 10.8 Å². The maximum absolute atomic E-state index is 12.4. The highest BCUT2D eigenvalue weighted by atomic mass is 35.5. The van der Waals surface area contributed by atoms with Crippen molar-refractivity contribution in [3.8, 4) is 0 Å². The van der Waals surface area contributed by atoms with E-state index in [0.717, 1.165) is 16.3 Å². The second kappa shape index (κ2) is 5.50. The Labute approximate surface area is 126 Å². The number of rotatable bonds is 2. The number of carbonyl (C=O) groups is 1. The Bertz CT molecular complexity index is 833. The zero-order valence-electron chi connectivity index (χ0n) is 11.3. The number of anilines is 1. The first-order valence-corrected chi connectivity index (χ1v) is 6.79. The van der Waals surface area contributed by atoms with E-state index in [1.807, 2.05) is 37.3 Å². The Balaban J connectivity index is 2.01. The minimum absolute atomic E-state index is 0.234. The van der Waals surface area contributed by atoms with E-state index in [0.29, 0.717) is 16.4 Å². The Morgan fingerprint density at radius 3 is 2.67 bits per heavy atom. The molecular weight excluding hydrogens is 286 g/mol. The second-order valence-electron chi connectivity index (χ2n) is 4.71. The fraction of sp³-hybridized carbons (Fsp3) is 0.0625. The van der Waals surface area contributed by atoms with Gasteiger partial charge in [-0.2, -0.15) is 0 Å². The van der Waals surface area contributed by atoms with Gasteiger partial charge in [0.05, 0.1) is 17.4 Å². The lowest BCUT2D eigenvalue weighted by molar-refractivity contribution is 0.102. The number of pyridine rings is 2. The number of halogens is 1. The molecule has 0 spiro atoms. The van der Waals surface area contributed by atoms with Crippen molar-refractivity contribution >= 4 is 34.0 Å². The van der Waals surface area contributed by atoms with E-state index < -0.39 is 0 Å². The van der Waals surface area contributed by atoms with Crippen molar-refractivity contribution in [2.24, 2.45) is 0 Å². The first-order chi connectivity index (χ1) is 10.1. The molecule has 0 saturated heterocycles. The molecule has 0 atom stereocenters. The first kappa shape index (κ1) is 13.5. The number of aryl methyl sites for hydroxylation is 1. The Hall–Kier alpha value is -2.46. The van der Waals surface area contributed by atoms with Crippen LogP contribution in [0.5, 0.6) is 0 Å². The third-order valence-electron chi connectivity index (χ3n) is 3.12. The minimum Gasteiger partial charge on any atom is -0.321 e. The average molecular weight is 298 g/mol. The second-order valence-corrected chi connectivity index (χ2v) is 5.07. The van der Waals surface area contributed by atoms with Crippen LogP contribution in [0.3, 0.4) is 0 Å². The van der Waals surface area contributed by atoms with Gasteiger partial charge >= 0.3 is 0 Å². The summed E-state index contributed by atoms with van der Waals surface area (Å²) in [5.41, 5.74) is 2.11. The predicted molar refractivity (Wildman–Crippen MR) is 83.7 cm³/mol. The van der Waals surface area contributed by atoms with Crippen molar-refractivity contribution in [1.82, 2.24) is 9.97 Å². The van der Waals surface area contributed by atoms with E-state index in [4.69, 9.17) is 11.6 Å². The van der Waals surface area contributed by atoms with Crippen LogP contribution in [0.15, 0.2) is 48.9 Å². The highest BCUT2D eigenvalue weighted by Crippen LogP contribution is 2.24. The standard InChI is InChI=1S/C16H12ClN3O/c1-10-6-11(8-18-7-10)20-16(21)14-9-19-15(17)13-5-3-2-4-12(13)14/h2-9H,1H3,(H,20,21). The summed E-state index contributed by atoms with van der Waals surface area (Å²) in [5, 5.41) is 4.75. The molecule has 0 aliphatic rings. The normalized spacial score (nSPS) is 10.6. The molecule has 0 fully saturated rings. The highest BCUT2D eigenvalue weighted by Gasteiger charge is 2.13. The Kier molecular flexibility index (Phi) is 3.54. The van der Waals surface area contributed by atoms with Crippen molar-refractivity contribution in [2.45, 2.75) is 6.92 Å². The number of hydrogen-bond donors (Lipinski definition) is 1. The Morgan fingerprint density at radius 1 is 1.14 bits per heavy atom. The summed E-state index contributed by atoms with van der Waals surface area (Å²) in [6.45, 7) is 1.92. The van der Waals surface area contributed by atoms with Gasteiger partial charge in [0.15, 0.2) is 0 Å². The monoisotopic (exact) mass is 297 g/mol. The molecule has 4 nitrogen and oxygen atoms in total. The molecule has 0 radical (unpaired) electrons. The van der Waals surface area contributed by atoms with Gasteiger partial charge in [-0.1, -0.05) is 35.9 Å². The maximum Gasteiger partial charge on any atom is 0.257 e. The molecule has 0 saturated carbocycles. The fourth-order valence-electron chi connectivity index (χ4n) is 2.16. The SMILES string of the molecule is Cc1cncc(NC(=O)c2cnc(Cl)c3ccccc23)c1. The third-order valence-corrected chi connectivity index (χ3v) is 3.43. The largest absolute Gasteiger partial charge is 0.321 e. The molecule has 1 amide bonds. The van der Waals surface area contributed by atoms with E-state index in [1.165, 1.54) is 6.20 Å². The highest BCUT2D eigenvalue weighted by molar-refractivity contribution is 6.35. The summed E-state index contributed by atoms with van der Waals surface area (Å²) >= 11 is 6.06. The molecule has 0 aliphatic carbocycles. The third kappa shape index (κ3) is 2.71. The molecule has 104 valence electrons. The van der Waals surface area contributed by atoms with E-state index in [2.05, 4.69) is 15.3 Å². The molecule has 0 bridgehead atoms.